The maximum absolute atomic E-state index is 8.77. The van der Waals surface area contributed by atoms with Gasteiger partial charge in [0.2, 0.25) is 5.84 Å². The number of aromatic nitrogens is 2. The number of hydrogen-bond donors (Lipinski definition) is 2. The molecule has 2 heterocycles. The summed E-state index contributed by atoms with van der Waals surface area (Å²) in [7, 11) is 0. The van der Waals surface area contributed by atoms with Crippen LogP contribution in [0.1, 0.15) is 17.0 Å². The van der Waals surface area contributed by atoms with Gasteiger partial charge in [-0.15, -0.1) is 0 Å². The first-order valence-electron chi connectivity index (χ1n) is 6.12. The first-order chi connectivity index (χ1) is 9.69. The van der Waals surface area contributed by atoms with E-state index < -0.39 is 0 Å². The monoisotopic (exact) mass is 336 g/mol. The zero-order chi connectivity index (χ0) is 14.1. The van der Waals surface area contributed by atoms with Crippen molar-refractivity contribution in [1.82, 2.24) is 9.55 Å². The Labute approximate surface area is 124 Å². The number of hydrogen-bond acceptors (Lipinski definition) is 4. The van der Waals surface area contributed by atoms with Gasteiger partial charge in [-0.25, -0.2) is 4.98 Å². The van der Waals surface area contributed by atoms with Crippen molar-refractivity contribution >= 4 is 21.8 Å². The van der Waals surface area contributed by atoms with Crippen LogP contribution >= 0.6 is 15.9 Å². The molecule has 0 spiro atoms. The van der Waals surface area contributed by atoms with Gasteiger partial charge in [0, 0.05) is 28.9 Å². The fourth-order valence-corrected chi connectivity index (χ4v) is 2.91. The van der Waals surface area contributed by atoms with Gasteiger partial charge in [-0.2, -0.15) is 0 Å². The number of rotatable bonds is 3. The van der Waals surface area contributed by atoms with Crippen LogP contribution in [-0.2, 0) is 13.0 Å². The molecule has 3 rings (SSSR count). The van der Waals surface area contributed by atoms with Crippen LogP contribution in [0.25, 0.3) is 0 Å². The van der Waals surface area contributed by atoms with Crippen LogP contribution in [0.15, 0.2) is 34.2 Å². The molecule has 0 aliphatic carbocycles. The summed E-state index contributed by atoms with van der Waals surface area (Å²) >= 11 is 3.51. The van der Waals surface area contributed by atoms with E-state index >= 15 is 0 Å². The standard InChI is InChI=1S/C13H13BrN4O2/c14-10-5-8-1-4-20-11(8)9(6-10)7-18-3-2-16-13(18)12(15)17-19/h2-3,5-6,19H,1,4,7H2,(H2,15,17). The highest BCUT2D eigenvalue weighted by molar-refractivity contribution is 9.10. The quantitative estimate of drug-likeness (QED) is 0.387. The number of nitrogens with two attached hydrogens (primary N) is 1. The molecule has 3 N–H and O–H groups in total. The highest BCUT2D eigenvalue weighted by Gasteiger charge is 2.18. The van der Waals surface area contributed by atoms with Crippen molar-refractivity contribution in [2.24, 2.45) is 10.9 Å². The highest BCUT2D eigenvalue weighted by atomic mass is 79.9. The number of amidine groups is 1. The molecule has 1 aromatic heterocycles. The Morgan fingerprint density at radius 1 is 1.55 bits per heavy atom. The van der Waals surface area contributed by atoms with Crippen LogP contribution in [0.5, 0.6) is 5.75 Å². The molecule has 0 bridgehead atoms. The number of nitrogens with zero attached hydrogens (tertiary/aromatic N) is 3. The van der Waals surface area contributed by atoms with Crippen molar-refractivity contribution in [3.8, 4) is 5.75 Å². The molecule has 1 aliphatic heterocycles. The highest BCUT2D eigenvalue weighted by Crippen LogP contribution is 2.33. The molecule has 0 amide bonds. The normalized spacial score (nSPS) is 14.2. The second kappa shape index (κ2) is 5.16. The molecule has 1 aliphatic rings. The third-order valence-electron chi connectivity index (χ3n) is 3.22. The van der Waals surface area contributed by atoms with Crippen LogP contribution in [0.3, 0.4) is 0 Å². The molecule has 0 atom stereocenters. The lowest BCUT2D eigenvalue weighted by Gasteiger charge is -2.11. The van der Waals surface area contributed by atoms with Crippen LogP contribution in [-0.4, -0.2) is 27.2 Å². The summed E-state index contributed by atoms with van der Waals surface area (Å²) in [5.41, 5.74) is 7.85. The van der Waals surface area contributed by atoms with Gasteiger partial charge in [-0.3, -0.25) is 0 Å². The fourth-order valence-electron chi connectivity index (χ4n) is 2.36. The summed E-state index contributed by atoms with van der Waals surface area (Å²) in [6.45, 7) is 1.25. The zero-order valence-electron chi connectivity index (χ0n) is 10.6. The van der Waals surface area contributed by atoms with Gasteiger partial charge in [0.15, 0.2) is 5.82 Å². The second-order valence-corrected chi connectivity index (χ2v) is 5.43. The fraction of sp³-hybridized carbons (Fsp3) is 0.231. The smallest absolute Gasteiger partial charge is 0.206 e. The number of benzene rings is 1. The molecule has 0 fully saturated rings. The second-order valence-electron chi connectivity index (χ2n) is 4.52. The predicted octanol–water partition coefficient (Wildman–Crippen LogP) is 1.72. The topological polar surface area (TPSA) is 85.7 Å². The average molecular weight is 337 g/mol. The summed E-state index contributed by atoms with van der Waals surface area (Å²) < 4.78 is 8.53. The van der Waals surface area contributed by atoms with Gasteiger partial charge < -0.3 is 20.2 Å². The van der Waals surface area contributed by atoms with Crippen molar-refractivity contribution in [3.05, 3.63) is 46.0 Å². The maximum Gasteiger partial charge on any atom is 0.206 e. The molecule has 6 nitrogen and oxygen atoms in total. The van der Waals surface area contributed by atoms with E-state index in [4.69, 9.17) is 15.7 Å². The molecular formula is C13H13BrN4O2. The van der Waals surface area contributed by atoms with Crippen LogP contribution in [0, 0.1) is 0 Å². The summed E-state index contributed by atoms with van der Waals surface area (Å²) in [4.78, 5) is 4.09. The molecule has 0 saturated carbocycles. The molecule has 104 valence electrons. The van der Waals surface area contributed by atoms with E-state index in [1.54, 1.807) is 12.4 Å². The lowest BCUT2D eigenvalue weighted by molar-refractivity contribution is 0.318. The summed E-state index contributed by atoms with van der Waals surface area (Å²) in [5, 5.41) is 11.8. The van der Waals surface area contributed by atoms with E-state index in [0.717, 1.165) is 22.2 Å². The molecule has 1 aromatic carbocycles. The number of halogens is 1. The molecule has 0 unspecified atom stereocenters. The SMILES string of the molecule is N/C(=N/O)c1nccn1Cc1cc(Br)cc2c1OCC2. The Morgan fingerprint density at radius 3 is 3.20 bits per heavy atom. The van der Waals surface area contributed by atoms with Gasteiger partial charge in [0.05, 0.1) is 13.2 Å². The minimum atomic E-state index is -0.0115. The average Bonchev–Trinajstić information content (AvgIpc) is 3.06. The molecule has 7 heteroatoms. The van der Waals surface area contributed by atoms with Gasteiger partial charge >= 0.3 is 0 Å². The molecule has 0 saturated heterocycles. The van der Waals surface area contributed by atoms with Crippen molar-refractivity contribution < 1.29 is 9.94 Å². The zero-order valence-corrected chi connectivity index (χ0v) is 12.2. The Balaban J connectivity index is 1.99. The van der Waals surface area contributed by atoms with E-state index in [2.05, 4.69) is 32.1 Å². The Kier molecular flexibility index (Phi) is 3.35. The van der Waals surface area contributed by atoms with Gasteiger partial charge in [0.25, 0.3) is 0 Å². The van der Waals surface area contributed by atoms with Crippen molar-refractivity contribution in [1.29, 1.82) is 0 Å². The summed E-state index contributed by atoms with van der Waals surface area (Å²) in [5.74, 6) is 1.34. The van der Waals surface area contributed by atoms with E-state index in [-0.39, 0.29) is 5.84 Å². The number of ether oxygens (including phenoxy) is 1. The van der Waals surface area contributed by atoms with E-state index in [1.807, 2.05) is 10.6 Å². The molecule has 0 radical (unpaired) electrons. The summed E-state index contributed by atoms with van der Waals surface area (Å²) in [6.07, 6.45) is 4.32. The van der Waals surface area contributed by atoms with Gasteiger partial charge in [-0.05, 0) is 17.7 Å². The van der Waals surface area contributed by atoms with Crippen LogP contribution in [0.4, 0.5) is 0 Å². The van der Waals surface area contributed by atoms with E-state index in [0.29, 0.717) is 19.0 Å². The van der Waals surface area contributed by atoms with E-state index in [9.17, 15) is 0 Å². The molecule has 20 heavy (non-hydrogen) atoms. The lowest BCUT2D eigenvalue weighted by atomic mass is 10.1. The predicted molar refractivity (Wildman–Crippen MR) is 77.2 cm³/mol. The minimum Gasteiger partial charge on any atom is -0.493 e. The first kappa shape index (κ1) is 13.0. The van der Waals surface area contributed by atoms with E-state index in [1.165, 1.54) is 5.56 Å². The molecule has 2 aromatic rings. The lowest BCUT2D eigenvalue weighted by Crippen LogP contribution is -2.20. The number of fused-ring (bicyclic) bond motifs is 1. The van der Waals surface area contributed by atoms with Gasteiger partial charge in [-0.1, -0.05) is 21.1 Å². The third-order valence-corrected chi connectivity index (χ3v) is 3.68. The Hall–Kier alpha value is -2.02. The first-order valence-corrected chi connectivity index (χ1v) is 6.91. The number of oxime groups is 1. The Morgan fingerprint density at radius 2 is 2.40 bits per heavy atom. The van der Waals surface area contributed by atoms with Gasteiger partial charge in [0.1, 0.15) is 5.75 Å². The largest absolute Gasteiger partial charge is 0.493 e. The third kappa shape index (κ3) is 2.24. The summed E-state index contributed by atoms with van der Waals surface area (Å²) in [6, 6.07) is 4.09. The van der Waals surface area contributed by atoms with Crippen molar-refractivity contribution in [2.45, 2.75) is 13.0 Å². The molecular weight excluding hydrogens is 324 g/mol. The van der Waals surface area contributed by atoms with Crippen LogP contribution in [0.2, 0.25) is 0 Å². The van der Waals surface area contributed by atoms with Crippen molar-refractivity contribution in [2.75, 3.05) is 6.61 Å². The minimum absolute atomic E-state index is 0.0115. The van der Waals surface area contributed by atoms with Crippen molar-refractivity contribution in [3.63, 3.8) is 0 Å². The Bertz CT molecular complexity index is 681. The maximum atomic E-state index is 8.77. The van der Waals surface area contributed by atoms with Crippen LogP contribution < -0.4 is 10.5 Å². The number of imidazole rings is 1.